The van der Waals surface area contributed by atoms with Crippen LogP contribution in [-0.2, 0) is 17.6 Å². The standard InChI is InChI=1S/C21H34N4O/c1-17(26)16-25-14-10-20(11-15-25)24(2)13-4-3-7-19-9-8-18-6-5-12-22-21(18)23-19/h8-9,20H,3-7,10-16H2,1-2H3,(H,22,23). The second kappa shape index (κ2) is 9.47. The van der Waals surface area contributed by atoms with Gasteiger partial charge in [0.25, 0.3) is 0 Å². The van der Waals surface area contributed by atoms with E-state index in [2.05, 4.69) is 34.3 Å². The molecule has 1 aromatic heterocycles. The molecule has 1 fully saturated rings. The van der Waals surface area contributed by atoms with Crippen LogP contribution in [0.1, 0.15) is 50.3 Å². The predicted octanol–water partition coefficient (Wildman–Crippen LogP) is 2.75. The number of hydrogen-bond acceptors (Lipinski definition) is 5. The van der Waals surface area contributed by atoms with Crippen LogP contribution < -0.4 is 5.32 Å². The van der Waals surface area contributed by atoms with Crippen LogP contribution in [0, 0.1) is 0 Å². The van der Waals surface area contributed by atoms with E-state index in [-0.39, 0.29) is 5.78 Å². The van der Waals surface area contributed by atoms with Crippen LogP contribution >= 0.6 is 0 Å². The fraction of sp³-hybridized carbons (Fsp3) is 0.714. The molecule has 0 saturated carbocycles. The minimum atomic E-state index is 0.280. The van der Waals surface area contributed by atoms with Gasteiger partial charge in [-0.3, -0.25) is 9.69 Å². The van der Waals surface area contributed by atoms with Crippen molar-refractivity contribution in [3.63, 3.8) is 0 Å². The van der Waals surface area contributed by atoms with Crippen LogP contribution in [0.3, 0.4) is 0 Å². The number of aromatic nitrogens is 1. The van der Waals surface area contributed by atoms with Gasteiger partial charge in [0.1, 0.15) is 11.6 Å². The summed E-state index contributed by atoms with van der Waals surface area (Å²) in [6.07, 6.45) is 8.22. The highest BCUT2D eigenvalue weighted by Gasteiger charge is 2.22. The second-order valence-corrected chi connectivity index (χ2v) is 7.99. The molecule has 0 radical (unpaired) electrons. The molecular formula is C21H34N4O. The number of aryl methyl sites for hydroxylation is 2. The highest BCUT2D eigenvalue weighted by Crippen LogP contribution is 2.20. The normalized spacial score (nSPS) is 18.6. The maximum atomic E-state index is 11.2. The van der Waals surface area contributed by atoms with Gasteiger partial charge in [0, 0.05) is 31.4 Å². The van der Waals surface area contributed by atoms with Gasteiger partial charge in [-0.25, -0.2) is 4.98 Å². The number of Topliss-reactive ketones (excluding diaryl/α,β-unsaturated/α-hetero) is 1. The van der Waals surface area contributed by atoms with E-state index in [0.717, 1.165) is 44.8 Å². The summed E-state index contributed by atoms with van der Waals surface area (Å²) in [6.45, 7) is 6.63. The molecule has 1 saturated heterocycles. The van der Waals surface area contributed by atoms with E-state index in [9.17, 15) is 4.79 Å². The zero-order valence-electron chi connectivity index (χ0n) is 16.5. The molecule has 1 N–H and O–H groups in total. The van der Waals surface area contributed by atoms with Crippen LogP contribution in [0.15, 0.2) is 12.1 Å². The number of piperidine rings is 1. The van der Waals surface area contributed by atoms with Crippen LogP contribution in [0.25, 0.3) is 0 Å². The average molecular weight is 359 g/mol. The SMILES string of the molecule is CC(=O)CN1CCC(N(C)CCCCc2ccc3c(n2)NCCC3)CC1. The number of likely N-dealkylation sites (tertiary alicyclic amines) is 1. The maximum absolute atomic E-state index is 11.2. The van der Waals surface area contributed by atoms with Gasteiger partial charge in [-0.05, 0) is 77.1 Å². The molecular weight excluding hydrogens is 324 g/mol. The lowest BCUT2D eigenvalue weighted by Crippen LogP contribution is -2.44. The van der Waals surface area contributed by atoms with E-state index in [1.54, 1.807) is 6.92 Å². The summed E-state index contributed by atoms with van der Waals surface area (Å²) < 4.78 is 0. The highest BCUT2D eigenvalue weighted by atomic mass is 16.1. The molecule has 0 bridgehead atoms. The highest BCUT2D eigenvalue weighted by molar-refractivity contribution is 5.77. The number of fused-ring (bicyclic) bond motifs is 1. The topological polar surface area (TPSA) is 48.5 Å². The average Bonchev–Trinajstić information content (AvgIpc) is 2.65. The van der Waals surface area contributed by atoms with Gasteiger partial charge in [-0.1, -0.05) is 6.07 Å². The number of pyridine rings is 1. The third-order valence-electron chi connectivity index (χ3n) is 5.77. The van der Waals surface area contributed by atoms with E-state index in [1.807, 2.05) is 0 Å². The first-order valence-corrected chi connectivity index (χ1v) is 10.3. The molecule has 5 heteroatoms. The van der Waals surface area contributed by atoms with Crippen LogP contribution in [0.5, 0.6) is 0 Å². The van der Waals surface area contributed by atoms with E-state index >= 15 is 0 Å². The predicted molar refractivity (Wildman–Crippen MR) is 107 cm³/mol. The van der Waals surface area contributed by atoms with Gasteiger partial charge >= 0.3 is 0 Å². The molecule has 0 spiro atoms. The lowest BCUT2D eigenvalue weighted by atomic mass is 10.0. The molecule has 2 aliphatic heterocycles. The minimum Gasteiger partial charge on any atom is -0.370 e. The number of anilines is 1. The van der Waals surface area contributed by atoms with Crippen molar-refractivity contribution in [2.75, 3.05) is 45.1 Å². The van der Waals surface area contributed by atoms with Crippen molar-refractivity contribution in [1.82, 2.24) is 14.8 Å². The summed E-state index contributed by atoms with van der Waals surface area (Å²) in [5.74, 6) is 1.39. The van der Waals surface area contributed by atoms with Crippen molar-refractivity contribution < 1.29 is 4.79 Å². The first-order chi connectivity index (χ1) is 12.6. The largest absolute Gasteiger partial charge is 0.370 e. The lowest BCUT2D eigenvalue weighted by molar-refractivity contribution is -0.118. The number of nitrogens with zero attached hydrogens (tertiary/aromatic N) is 3. The third kappa shape index (κ3) is 5.52. The van der Waals surface area contributed by atoms with Gasteiger partial charge in [0.2, 0.25) is 0 Å². The van der Waals surface area contributed by atoms with Crippen molar-refractivity contribution in [3.8, 4) is 0 Å². The molecule has 0 amide bonds. The fourth-order valence-corrected chi connectivity index (χ4v) is 4.19. The van der Waals surface area contributed by atoms with Crippen LogP contribution in [0.4, 0.5) is 5.82 Å². The molecule has 1 aromatic rings. The Balaban J connectivity index is 1.34. The van der Waals surface area contributed by atoms with Gasteiger partial charge in [0.05, 0.1) is 6.54 Å². The van der Waals surface area contributed by atoms with Crippen molar-refractivity contribution in [2.24, 2.45) is 0 Å². The molecule has 0 aromatic carbocycles. The molecule has 26 heavy (non-hydrogen) atoms. The van der Waals surface area contributed by atoms with E-state index in [0.29, 0.717) is 12.6 Å². The van der Waals surface area contributed by atoms with E-state index in [4.69, 9.17) is 4.98 Å². The number of rotatable bonds is 8. The number of carbonyl (C=O) groups is 1. The number of unbranched alkanes of at least 4 members (excludes halogenated alkanes) is 1. The second-order valence-electron chi connectivity index (χ2n) is 7.99. The fourth-order valence-electron chi connectivity index (χ4n) is 4.19. The molecule has 0 atom stereocenters. The summed E-state index contributed by atoms with van der Waals surface area (Å²) in [5.41, 5.74) is 2.59. The van der Waals surface area contributed by atoms with Crippen LogP contribution in [-0.4, -0.2) is 66.4 Å². The Morgan fingerprint density at radius 1 is 1.31 bits per heavy atom. The van der Waals surface area contributed by atoms with Gasteiger partial charge in [-0.15, -0.1) is 0 Å². The summed E-state index contributed by atoms with van der Waals surface area (Å²) >= 11 is 0. The Hall–Kier alpha value is -1.46. The minimum absolute atomic E-state index is 0.280. The Labute approximate surface area is 158 Å². The summed E-state index contributed by atoms with van der Waals surface area (Å²) in [6, 6.07) is 5.13. The van der Waals surface area contributed by atoms with Gasteiger partial charge < -0.3 is 10.2 Å². The first kappa shape index (κ1) is 19.3. The maximum Gasteiger partial charge on any atom is 0.143 e. The number of hydrogen-bond donors (Lipinski definition) is 1. The molecule has 5 nitrogen and oxygen atoms in total. The molecule has 0 aliphatic carbocycles. The number of nitrogens with one attached hydrogen (secondary N) is 1. The summed E-state index contributed by atoms with van der Waals surface area (Å²) in [5, 5.41) is 3.43. The quantitative estimate of drug-likeness (QED) is 0.724. The third-order valence-corrected chi connectivity index (χ3v) is 5.77. The van der Waals surface area contributed by atoms with Crippen molar-refractivity contribution >= 4 is 11.6 Å². The Kier molecular flexibility index (Phi) is 7.03. The molecule has 3 heterocycles. The van der Waals surface area contributed by atoms with Crippen molar-refractivity contribution in [3.05, 3.63) is 23.4 Å². The Morgan fingerprint density at radius 3 is 2.88 bits per heavy atom. The van der Waals surface area contributed by atoms with E-state index in [1.165, 1.54) is 43.4 Å². The Bertz CT molecular complexity index is 596. The summed E-state index contributed by atoms with van der Waals surface area (Å²) in [7, 11) is 2.26. The monoisotopic (exact) mass is 358 g/mol. The molecule has 0 unspecified atom stereocenters. The smallest absolute Gasteiger partial charge is 0.143 e. The van der Waals surface area contributed by atoms with Gasteiger partial charge in [-0.2, -0.15) is 0 Å². The van der Waals surface area contributed by atoms with Gasteiger partial charge in [0.15, 0.2) is 0 Å². The molecule has 144 valence electrons. The number of ketones is 1. The summed E-state index contributed by atoms with van der Waals surface area (Å²) in [4.78, 5) is 20.8. The van der Waals surface area contributed by atoms with Crippen molar-refractivity contribution in [2.45, 2.75) is 57.9 Å². The van der Waals surface area contributed by atoms with Crippen LogP contribution in [0.2, 0.25) is 0 Å². The molecule has 3 rings (SSSR count). The zero-order chi connectivity index (χ0) is 18.4. The number of carbonyl (C=O) groups excluding carboxylic acids is 1. The first-order valence-electron chi connectivity index (χ1n) is 10.3. The van der Waals surface area contributed by atoms with Crippen molar-refractivity contribution in [1.29, 1.82) is 0 Å². The van der Waals surface area contributed by atoms with E-state index < -0.39 is 0 Å². The lowest BCUT2D eigenvalue weighted by Gasteiger charge is -2.36. The zero-order valence-corrected chi connectivity index (χ0v) is 16.5. The Morgan fingerprint density at radius 2 is 2.12 bits per heavy atom. The molecule has 2 aliphatic rings.